The van der Waals surface area contributed by atoms with Crippen LogP contribution in [0, 0.1) is 17.8 Å². The van der Waals surface area contributed by atoms with Gasteiger partial charge in [0.25, 0.3) is 0 Å². The average Bonchev–Trinajstić information content (AvgIpc) is 2.64. The van der Waals surface area contributed by atoms with E-state index in [1.807, 2.05) is 0 Å². The van der Waals surface area contributed by atoms with Gasteiger partial charge in [0.1, 0.15) is 0 Å². The second kappa shape index (κ2) is 3.83. The van der Waals surface area contributed by atoms with Crippen LogP contribution in [0.2, 0.25) is 0 Å². The molecule has 0 amide bonds. The molecule has 2 rings (SSSR count). The molecule has 0 spiro atoms. The second-order valence-electron chi connectivity index (χ2n) is 4.99. The normalized spacial score (nSPS) is 36.4. The van der Waals surface area contributed by atoms with Gasteiger partial charge in [-0.25, -0.2) is 0 Å². The summed E-state index contributed by atoms with van der Waals surface area (Å²) >= 11 is 0. The molecule has 0 saturated heterocycles. The molecule has 0 radical (unpaired) electrons. The van der Waals surface area contributed by atoms with Crippen molar-refractivity contribution in [3.8, 4) is 0 Å². The lowest BCUT2D eigenvalue weighted by atomic mass is 9.89. The highest BCUT2D eigenvalue weighted by atomic mass is 15.0. The Bertz CT molecular complexity index is 195. The van der Waals surface area contributed by atoms with Gasteiger partial charge in [0.2, 0.25) is 0 Å². The van der Waals surface area contributed by atoms with Crippen molar-refractivity contribution in [2.24, 2.45) is 17.8 Å². The molecule has 0 aromatic rings. The highest BCUT2D eigenvalue weighted by molar-refractivity contribution is 5.09. The number of hydrogen-bond acceptors (Lipinski definition) is 1. The lowest BCUT2D eigenvalue weighted by Crippen LogP contribution is -2.15. The number of nitrogens with zero attached hydrogens (tertiary/aromatic N) is 1. The second-order valence-corrected chi connectivity index (χ2v) is 4.99. The molecule has 2 aliphatic rings. The molecule has 1 heteroatoms. The van der Waals surface area contributed by atoms with Crippen LogP contribution < -0.4 is 0 Å². The zero-order valence-corrected chi connectivity index (χ0v) is 8.87. The zero-order chi connectivity index (χ0) is 9.26. The third kappa shape index (κ3) is 2.14. The van der Waals surface area contributed by atoms with Crippen LogP contribution in [0.5, 0.6) is 0 Å². The molecule has 1 saturated carbocycles. The fourth-order valence-corrected chi connectivity index (χ4v) is 2.90. The Kier molecular flexibility index (Phi) is 2.73. The SMILES string of the molecule is CN(C)CCCC1CC2C=CC1C2. The fourth-order valence-electron chi connectivity index (χ4n) is 2.90. The number of allylic oxidation sites excluding steroid dienone is 2. The first-order valence-electron chi connectivity index (χ1n) is 5.59. The summed E-state index contributed by atoms with van der Waals surface area (Å²) in [5.74, 6) is 2.93. The quantitative estimate of drug-likeness (QED) is 0.599. The van der Waals surface area contributed by atoms with E-state index >= 15 is 0 Å². The van der Waals surface area contributed by atoms with Crippen LogP contribution in [-0.2, 0) is 0 Å². The van der Waals surface area contributed by atoms with E-state index in [0.717, 1.165) is 17.8 Å². The van der Waals surface area contributed by atoms with Crippen molar-refractivity contribution < 1.29 is 0 Å². The minimum atomic E-state index is 0.951. The minimum Gasteiger partial charge on any atom is -0.309 e. The molecule has 2 bridgehead atoms. The smallest absolute Gasteiger partial charge is 0.00247 e. The van der Waals surface area contributed by atoms with Gasteiger partial charge in [0.15, 0.2) is 0 Å². The highest BCUT2D eigenvalue weighted by Gasteiger charge is 2.34. The third-order valence-corrected chi connectivity index (χ3v) is 3.60. The largest absolute Gasteiger partial charge is 0.309 e. The third-order valence-electron chi connectivity index (χ3n) is 3.60. The van der Waals surface area contributed by atoms with Gasteiger partial charge >= 0.3 is 0 Å². The lowest BCUT2D eigenvalue weighted by Gasteiger charge is -2.18. The molecule has 0 heterocycles. The number of hydrogen-bond donors (Lipinski definition) is 0. The molecule has 1 fully saturated rings. The zero-order valence-electron chi connectivity index (χ0n) is 8.87. The molecular weight excluding hydrogens is 158 g/mol. The maximum atomic E-state index is 2.47. The van der Waals surface area contributed by atoms with Crippen LogP contribution in [0.3, 0.4) is 0 Å². The van der Waals surface area contributed by atoms with E-state index in [1.54, 1.807) is 0 Å². The van der Waals surface area contributed by atoms with E-state index in [-0.39, 0.29) is 0 Å². The summed E-state index contributed by atoms with van der Waals surface area (Å²) in [6.45, 7) is 1.26. The summed E-state index contributed by atoms with van der Waals surface area (Å²) in [6.07, 6.45) is 10.7. The van der Waals surface area contributed by atoms with E-state index < -0.39 is 0 Å². The van der Waals surface area contributed by atoms with E-state index in [4.69, 9.17) is 0 Å². The molecule has 0 N–H and O–H groups in total. The Labute approximate surface area is 81.8 Å². The molecule has 3 unspecified atom stereocenters. The standard InChI is InChI=1S/C12H21N/c1-13(2)7-3-4-11-8-10-5-6-12(11)9-10/h5-6,10-12H,3-4,7-9H2,1-2H3. The van der Waals surface area contributed by atoms with Gasteiger partial charge in [-0.05, 0) is 64.1 Å². The first-order valence-corrected chi connectivity index (χ1v) is 5.59. The van der Waals surface area contributed by atoms with Gasteiger partial charge in [0.05, 0.1) is 0 Å². The molecule has 13 heavy (non-hydrogen) atoms. The van der Waals surface area contributed by atoms with Crippen LogP contribution in [0.25, 0.3) is 0 Å². The van der Waals surface area contributed by atoms with Gasteiger partial charge in [-0.1, -0.05) is 12.2 Å². The Morgan fingerprint density at radius 1 is 1.23 bits per heavy atom. The van der Waals surface area contributed by atoms with Crippen LogP contribution in [0.4, 0.5) is 0 Å². The molecule has 2 aliphatic carbocycles. The Morgan fingerprint density at radius 3 is 2.62 bits per heavy atom. The van der Waals surface area contributed by atoms with Crippen molar-refractivity contribution in [1.29, 1.82) is 0 Å². The first kappa shape index (κ1) is 9.26. The molecular formula is C12H21N. The minimum absolute atomic E-state index is 0.951. The lowest BCUT2D eigenvalue weighted by molar-refractivity contribution is 0.343. The van der Waals surface area contributed by atoms with E-state index in [2.05, 4.69) is 31.1 Å². The molecule has 74 valence electrons. The highest BCUT2D eigenvalue weighted by Crippen LogP contribution is 2.45. The Balaban J connectivity index is 1.69. The molecule has 3 atom stereocenters. The van der Waals surface area contributed by atoms with Crippen molar-refractivity contribution >= 4 is 0 Å². The summed E-state index contributed by atoms with van der Waals surface area (Å²) in [4.78, 5) is 2.29. The maximum Gasteiger partial charge on any atom is -0.00247 e. The maximum absolute atomic E-state index is 2.47. The van der Waals surface area contributed by atoms with Gasteiger partial charge < -0.3 is 4.90 Å². The summed E-state index contributed by atoms with van der Waals surface area (Å²) in [7, 11) is 4.33. The first-order chi connectivity index (χ1) is 6.25. The van der Waals surface area contributed by atoms with E-state index in [1.165, 1.54) is 32.2 Å². The van der Waals surface area contributed by atoms with Gasteiger partial charge in [-0.2, -0.15) is 0 Å². The average molecular weight is 179 g/mol. The van der Waals surface area contributed by atoms with Crippen molar-refractivity contribution in [3.63, 3.8) is 0 Å². The number of fused-ring (bicyclic) bond motifs is 2. The van der Waals surface area contributed by atoms with E-state index in [0.29, 0.717) is 0 Å². The fraction of sp³-hybridized carbons (Fsp3) is 0.833. The van der Waals surface area contributed by atoms with Crippen molar-refractivity contribution in [1.82, 2.24) is 4.90 Å². The summed E-state index contributed by atoms with van der Waals surface area (Å²) in [5, 5.41) is 0. The van der Waals surface area contributed by atoms with Gasteiger partial charge in [-0.3, -0.25) is 0 Å². The van der Waals surface area contributed by atoms with Crippen molar-refractivity contribution in [3.05, 3.63) is 12.2 Å². The molecule has 1 nitrogen and oxygen atoms in total. The molecule has 0 aliphatic heterocycles. The van der Waals surface area contributed by atoms with E-state index in [9.17, 15) is 0 Å². The Morgan fingerprint density at radius 2 is 2.08 bits per heavy atom. The van der Waals surface area contributed by atoms with Gasteiger partial charge in [0, 0.05) is 0 Å². The van der Waals surface area contributed by atoms with Crippen LogP contribution in [0.15, 0.2) is 12.2 Å². The Hall–Kier alpha value is -0.300. The van der Waals surface area contributed by atoms with Crippen LogP contribution in [0.1, 0.15) is 25.7 Å². The predicted molar refractivity (Wildman–Crippen MR) is 56.6 cm³/mol. The summed E-state index contributed by atoms with van der Waals surface area (Å²) in [6, 6.07) is 0. The summed E-state index contributed by atoms with van der Waals surface area (Å²) in [5.41, 5.74) is 0. The van der Waals surface area contributed by atoms with Crippen LogP contribution >= 0.6 is 0 Å². The van der Waals surface area contributed by atoms with Crippen molar-refractivity contribution in [2.45, 2.75) is 25.7 Å². The topological polar surface area (TPSA) is 3.24 Å². The predicted octanol–water partition coefficient (Wildman–Crippen LogP) is 2.54. The monoisotopic (exact) mass is 179 g/mol. The molecule has 0 aromatic carbocycles. The van der Waals surface area contributed by atoms with Gasteiger partial charge in [-0.15, -0.1) is 0 Å². The van der Waals surface area contributed by atoms with Crippen molar-refractivity contribution in [2.75, 3.05) is 20.6 Å². The summed E-state index contributed by atoms with van der Waals surface area (Å²) < 4.78 is 0. The molecule has 0 aromatic heterocycles. The number of rotatable bonds is 4. The van der Waals surface area contributed by atoms with Crippen LogP contribution in [-0.4, -0.2) is 25.5 Å².